The first-order chi connectivity index (χ1) is 17.1. The fourth-order valence-corrected chi connectivity index (χ4v) is 4.57. The summed E-state index contributed by atoms with van der Waals surface area (Å²) >= 11 is 0. The fraction of sp³-hybridized carbons (Fsp3) is 0.320. The number of fused-ring (bicyclic) bond motifs is 2. The summed E-state index contributed by atoms with van der Waals surface area (Å²) in [4.78, 5) is 4.54. The zero-order valence-electron chi connectivity index (χ0n) is 19.4. The summed E-state index contributed by atoms with van der Waals surface area (Å²) in [6.45, 7) is 4.78. The second kappa shape index (κ2) is 9.03. The molecule has 1 saturated heterocycles. The van der Waals surface area contributed by atoms with Crippen LogP contribution in [-0.2, 0) is 6.54 Å². The van der Waals surface area contributed by atoms with Gasteiger partial charge in [-0.1, -0.05) is 0 Å². The molecule has 1 aliphatic rings. The molecule has 6 rings (SSSR count). The summed E-state index contributed by atoms with van der Waals surface area (Å²) in [6, 6.07) is 8.83. The molecular formula is C25H25FN8O. The highest BCUT2D eigenvalue weighted by molar-refractivity contribution is 5.84. The predicted octanol–water partition coefficient (Wildman–Crippen LogP) is 3.53. The van der Waals surface area contributed by atoms with Gasteiger partial charge >= 0.3 is 0 Å². The normalized spacial score (nSPS) is 14.7. The van der Waals surface area contributed by atoms with Gasteiger partial charge in [0.05, 0.1) is 35.3 Å². The molecule has 5 aromatic rings. The molecule has 1 N–H and O–H groups in total. The molecule has 0 unspecified atom stereocenters. The first-order valence-corrected chi connectivity index (χ1v) is 11.8. The van der Waals surface area contributed by atoms with Crippen molar-refractivity contribution in [1.29, 1.82) is 0 Å². The molecule has 1 aromatic carbocycles. The van der Waals surface area contributed by atoms with Crippen molar-refractivity contribution in [2.24, 2.45) is 0 Å². The average Bonchev–Trinajstić information content (AvgIpc) is 3.53. The van der Waals surface area contributed by atoms with Crippen LogP contribution in [0.5, 0.6) is 5.75 Å². The van der Waals surface area contributed by atoms with Crippen LogP contribution in [0.4, 0.5) is 4.39 Å². The molecule has 0 amide bonds. The lowest BCUT2D eigenvalue weighted by Crippen LogP contribution is -2.27. The molecule has 178 valence electrons. The van der Waals surface area contributed by atoms with E-state index >= 15 is 4.39 Å². The lowest BCUT2D eigenvalue weighted by molar-refractivity contribution is 0.292. The van der Waals surface area contributed by atoms with E-state index in [1.54, 1.807) is 21.5 Å². The number of aryl methyl sites for hydroxylation is 1. The fourth-order valence-electron chi connectivity index (χ4n) is 4.57. The summed E-state index contributed by atoms with van der Waals surface area (Å²) in [5.74, 6) is 0.540. The SMILES string of the molecule is Cc1cn2nc(-c3cc(F)c4cc(C5CCNCC5)nnc4c3)cc(OCCn3cccn3)c2n1. The standard InChI is InChI=1S/C25H25FN8O/c1-16-15-34-25(29-16)24(35-10-9-33-8-2-5-28-33)14-22(32-34)18-11-20(26)19-13-21(30-31-23(19)12-18)17-3-6-27-7-4-17/h2,5,8,11-15,17,27H,3-4,6-7,9-10H2,1H3. The number of imidazole rings is 1. The number of aromatic nitrogens is 7. The van der Waals surface area contributed by atoms with E-state index in [0.717, 1.165) is 37.3 Å². The van der Waals surface area contributed by atoms with Gasteiger partial charge in [0.25, 0.3) is 0 Å². The largest absolute Gasteiger partial charge is 0.488 e. The number of nitrogens with one attached hydrogen (secondary N) is 1. The lowest BCUT2D eigenvalue weighted by Gasteiger charge is -2.21. The van der Waals surface area contributed by atoms with Crippen LogP contribution in [0.25, 0.3) is 27.8 Å². The number of ether oxygens (including phenoxy) is 1. The Morgan fingerprint density at radius 2 is 2.03 bits per heavy atom. The van der Waals surface area contributed by atoms with Gasteiger partial charge in [0.1, 0.15) is 12.4 Å². The molecule has 1 fully saturated rings. The number of nitrogens with zero attached hydrogens (tertiary/aromatic N) is 7. The molecule has 0 spiro atoms. The molecule has 0 radical (unpaired) electrons. The molecule has 35 heavy (non-hydrogen) atoms. The van der Waals surface area contributed by atoms with Crippen molar-refractivity contribution in [2.45, 2.75) is 32.2 Å². The van der Waals surface area contributed by atoms with E-state index in [1.165, 1.54) is 6.07 Å². The Hall–Kier alpha value is -3.92. The van der Waals surface area contributed by atoms with Crippen molar-refractivity contribution < 1.29 is 9.13 Å². The van der Waals surface area contributed by atoms with Crippen LogP contribution in [0.3, 0.4) is 0 Å². The average molecular weight is 473 g/mol. The van der Waals surface area contributed by atoms with E-state index in [9.17, 15) is 0 Å². The second-order valence-corrected chi connectivity index (χ2v) is 8.85. The first-order valence-electron chi connectivity index (χ1n) is 11.8. The van der Waals surface area contributed by atoms with Gasteiger partial charge in [0, 0.05) is 35.3 Å². The molecule has 1 aliphatic heterocycles. The van der Waals surface area contributed by atoms with Gasteiger partial charge in [0.15, 0.2) is 11.4 Å². The Bertz CT molecular complexity index is 1490. The molecular weight excluding hydrogens is 447 g/mol. The first kappa shape index (κ1) is 21.6. The van der Waals surface area contributed by atoms with Crippen molar-refractivity contribution >= 4 is 16.6 Å². The van der Waals surface area contributed by atoms with Gasteiger partial charge in [-0.05, 0) is 57.1 Å². The number of hydrogen-bond donors (Lipinski definition) is 1. The zero-order chi connectivity index (χ0) is 23.8. The summed E-state index contributed by atoms with van der Waals surface area (Å²) in [7, 11) is 0. The van der Waals surface area contributed by atoms with E-state index in [-0.39, 0.29) is 5.82 Å². The molecule has 0 saturated carbocycles. The van der Waals surface area contributed by atoms with E-state index in [2.05, 4.69) is 30.7 Å². The third-order valence-electron chi connectivity index (χ3n) is 6.38. The topological polar surface area (TPSA) is 95.1 Å². The molecule has 10 heteroatoms. The van der Waals surface area contributed by atoms with Gasteiger partial charge in [-0.15, -0.1) is 0 Å². The van der Waals surface area contributed by atoms with Crippen LogP contribution in [0.1, 0.15) is 30.1 Å². The molecule has 4 aromatic heterocycles. The molecule has 0 aliphatic carbocycles. The van der Waals surface area contributed by atoms with E-state index in [1.807, 2.05) is 37.5 Å². The van der Waals surface area contributed by atoms with Crippen molar-refractivity contribution in [2.75, 3.05) is 19.7 Å². The highest BCUT2D eigenvalue weighted by atomic mass is 19.1. The number of piperidine rings is 1. The van der Waals surface area contributed by atoms with Crippen LogP contribution in [0.2, 0.25) is 0 Å². The minimum absolute atomic E-state index is 0.308. The number of halogens is 1. The number of hydrogen-bond acceptors (Lipinski definition) is 7. The maximum absolute atomic E-state index is 15.3. The van der Waals surface area contributed by atoms with E-state index in [4.69, 9.17) is 4.74 Å². The predicted molar refractivity (Wildman–Crippen MR) is 129 cm³/mol. The van der Waals surface area contributed by atoms with Crippen molar-refractivity contribution in [3.63, 3.8) is 0 Å². The summed E-state index contributed by atoms with van der Waals surface area (Å²) in [5.41, 5.74) is 3.94. The summed E-state index contributed by atoms with van der Waals surface area (Å²) < 4.78 is 24.8. The highest BCUT2D eigenvalue weighted by Gasteiger charge is 2.19. The van der Waals surface area contributed by atoms with Gasteiger partial charge in [-0.2, -0.15) is 20.4 Å². The maximum atomic E-state index is 15.3. The van der Waals surface area contributed by atoms with Crippen molar-refractivity contribution in [3.8, 4) is 17.0 Å². The van der Waals surface area contributed by atoms with Crippen molar-refractivity contribution in [1.82, 2.24) is 39.9 Å². The van der Waals surface area contributed by atoms with Crippen LogP contribution < -0.4 is 10.1 Å². The van der Waals surface area contributed by atoms with E-state index in [0.29, 0.717) is 52.6 Å². The Morgan fingerprint density at radius 1 is 1.14 bits per heavy atom. The molecule has 5 heterocycles. The van der Waals surface area contributed by atoms with Crippen molar-refractivity contribution in [3.05, 3.63) is 66.1 Å². The summed E-state index contributed by atoms with van der Waals surface area (Å²) in [6.07, 6.45) is 7.40. The van der Waals surface area contributed by atoms with Crippen LogP contribution >= 0.6 is 0 Å². The third kappa shape index (κ3) is 4.32. The zero-order valence-corrected chi connectivity index (χ0v) is 19.4. The smallest absolute Gasteiger partial charge is 0.196 e. The van der Waals surface area contributed by atoms with Gasteiger partial charge in [-0.25, -0.2) is 13.9 Å². The van der Waals surface area contributed by atoms with Gasteiger partial charge in [-0.3, -0.25) is 4.68 Å². The Labute approximate surface area is 201 Å². The van der Waals surface area contributed by atoms with Crippen LogP contribution in [0, 0.1) is 12.7 Å². The minimum atomic E-state index is -0.340. The summed E-state index contributed by atoms with van der Waals surface area (Å²) in [5, 5.41) is 21.5. The third-order valence-corrected chi connectivity index (χ3v) is 6.38. The highest BCUT2D eigenvalue weighted by Crippen LogP contribution is 2.31. The Balaban J connectivity index is 1.35. The molecule has 9 nitrogen and oxygen atoms in total. The van der Waals surface area contributed by atoms with Crippen LogP contribution in [0.15, 0.2) is 48.9 Å². The van der Waals surface area contributed by atoms with Gasteiger partial charge < -0.3 is 10.1 Å². The lowest BCUT2D eigenvalue weighted by atomic mass is 9.93. The number of benzene rings is 1. The number of rotatable bonds is 6. The second-order valence-electron chi connectivity index (χ2n) is 8.85. The Kier molecular flexibility index (Phi) is 5.57. The van der Waals surface area contributed by atoms with Crippen LogP contribution in [-0.4, -0.2) is 54.3 Å². The quantitative estimate of drug-likeness (QED) is 0.404. The minimum Gasteiger partial charge on any atom is -0.488 e. The monoisotopic (exact) mass is 472 g/mol. The molecule has 0 atom stereocenters. The van der Waals surface area contributed by atoms with E-state index < -0.39 is 0 Å². The van der Waals surface area contributed by atoms with Gasteiger partial charge in [0.2, 0.25) is 0 Å². The maximum Gasteiger partial charge on any atom is 0.196 e. The molecule has 0 bridgehead atoms. The Morgan fingerprint density at radius 3 is 2.86 bits per heavy atom.